The van der Waals surface area contributed by atoms with Gasteiger partial charge in [0.1, 0.15) is 5.82 Å². The van der Waals surface area contributed by atoms with Crippen molar-refractivity contribution in [2.75, 3.05) is 17.6 Å². The number of nitrogens with two attached hydrogens (primary N) is 1. The fraction of sp³-hybridized carbons (Fsp3) is 0.263. The summed E-state index contributed by atoms with van der Waals surface area (Å²) in [4.78, 5) is 24.1. The number of carbonyl (C=O) groups excluding carboxylic acids is 2. The molecule has 8 heteroatoms. The molecule has 0 atom stereocenters. The minimum Gasteiger partial charge on any atom is -0.369 e. The molecule has 4 N–H and O–H groups in total. The fourth-order valence-electron chi connectivity index (χ4n) is 2.43. The third-order valence-electron chi connectivity index (χ3n) is 3.83. The van der Waals surface area contributed by atoms with Gasteiger partial charge in [0.2, 0.25) is 11.8 Å². The van der Waals surface area contributed by atoms with Gasteiger partial charge in [0, 0.05) is 15.5 Å². The molecule has 27 heavy (non-hydrogen) atoms. The first-order chi connectivity index (χ1) is 12.7. The van der Waals surface area contributed by atoms with Crippen LogP contribution in [0.15, 0.2) is 47.4 Å². The van der Waals surface area contributed by atoms with E-state index in [1.807, 2.05) is 19.9 Å². The van der Waals surface area contributed by atoms with Crippen molar-refractivity contribution in [3.8, 4) is 0 Å². The van der Waals surface area contributed by atoms with Gasteiger partial charge in [-0.3, -0.25) is 14.9 Å². The topological polar surface area (TPSA) is 84.2 Å². The molecule has 2 aromatic rings. The fourth-order valence-corrected chi connectivity index (χ4v) is 3.58. The average molecular weight is 410 g/mol. The van der Waals surface area contributed by atoms with E-state index in [9.17, 15) is 14.0 Å². The van der Waals surface area contributed by atoms with Gasteiger partial charge in [-0.1, -0.05) is 29.8 Å². The molecule has 0 heterocycles. The summed E-state index contributed by atoms with van der Waals surface area (Å²) in [5.74, 6) is -0.974. The Morgan fingerprint density at radius 2 is 1.93 bits per heavy atom. The maximum Gasteiger partial charge on any atom is 0.238 e. The summed E-state index contributed by atoms with van der Waals surface area (Å²) in [5.41, 5.74) is 5.83. The second-order valence-corrected chi connectivity index (χ2v) is 7.83. The number of thioether (sulfide) groups is 1. The van der Waals surface area contributed by atoms with Crippen LogP contribution in [0.4, 0.5) is 10.1 Å². The molecule has 0 bridgehead atoms. The number of amides is 2. The van der Waals surface area contributed by atoms with E-state index in [0.717, 1.165) is 4.90 Å². The number of anilines is 1. The Balaban J connectivity index is 2.01. The zero-order valence-electron chi connectivity index (χ0n) is 15.0. The number of rotatable bonds is 8. The highest BCUT2D eigenvalue weighted by atomic mass is 35.5. The highest BCUT2D eigenvalue weighted by Gasteiger charge is 2.24. The molecule has 2 aromatic carbocycles. The monoisotopic (exact) mass is 409 g/mol. The second-order valence-electron chi connectivity index (χ2n) is 6.40. The lowest BCUT2D eigenvalue weighted by Crippen LogP contribution is -2.41. The van der Waals surface area contributed by atoms with Gasteiger partial charge in [-0.15, -0.1) is 11.8 Å². The first-order valence-electron chi connectivity index (χ1n) is 8.19. The highest BCUT2D eigenvalue weighted by molar-refractivity contribution is 8.00. The molecule has 0 spiro atoms. The molecule has 5 nitrogen and oxygen atoms in total. The van der Waals surface area contributed by atoms with Crippen molar-refractivity contribution in [2.24, 2.45) is 5.73 Å². The molecule has 0 fully saturated rings. The minimum atomic E-state index is -0.637. The lowest BCUT2D eigenvalue weighted by Gasteiger charge is -2.28. The molecule has 144 valence electrons. The SMILES string of the molecule is CC(C)(NCC(=O)Nc1ccccc1SCC(N)=O)c1ccc(F)cc1Cl. The number of para-hydroxylation sites is 1. The Morgan fingerprint density at radius 1 is 1.22 bits per heavy atom. The maximum atomic E-state index is 13.2. The van der Waals surface area contributed by atoms with E-state index in [4.69, 9.17) is 17.3 Å². The van der Waals surface area contributed by atoms with Crippen molar-refractivity contribution in [1.29, 1.82) is 0 Å². The summed E-state index contributed by atoms with van der Waals surface area (Å²) in [6.07, 6.45) is 0. The Labute approximate surface area is 166 Å². The molecule has 0 saturated carbocycles. The van der Waals surface area contributed by atoms with Crippen LogP contribution in [0.1, 0.15) is 19.4 Å². The molecule has 0 unspecified atom stereocenters. The van der Waals surface area contributed by atoms with Gasteiger partial charge in [0.15, 0.2) is 0 Å². The summed E-state index contributed by atoms with van der Waals surface area (Å²) in [5, 5.41) is 6.23. The number of benzene rings is 2. The van der Waals surface area contributed by atoms with Gasteiger partial charge in [-0.2, -0.15) is 0 Å². The summed E-state index contributed by atoms with van der Waals surface area (Å²) < 4.78 is 13.2. The van der Waals surface area contributed by atoms with Gasteiger partial charge in [0.25, 0.3) is 0 Å². The van der Waals surface area contributed by atoms with E-state index < -0.39 is 17.3 Å². The Bertz CT molecular complexity index is 845. The summed E-state index contributed by atoms with van der Waals surface area (Å²) in [6.45, 7) is 3.74. The van der Waals surface area contributed by atoms with Crippen molar-refractivity contribution in [3.63, 3.8) is 0 Å². The normalized spacial score (nSPS) is 11.3. The minimum absolute atomic E-state index is 0.0233. The Morgan fingerprint density at radius 3 is 2.59 bits per heavy atom. The van der Waals surface area contributed by atoms with Gasteiger partial charge in [0.05, 0.1) is 18.0 Å². The first kappa shape index (κ1) is 21.2. The van der Waals surface area contributed by atoms with Crippen LogP contribution in [-0.2, 0) is 15.1 Å². The van der Waals surface area contributed by atoms with Crippen molar-refractivity contribution < 1.29 is 14.0 Å². The lowest BCUT2D eigenvalue weighted by molar-refractivity contribution is -0.116. The van der Waals surface area contributed by atoms with E-state index in [1.165, 1.54) is 23.9 Å². The van der Waals surface area contributed by atoms with Gasteiger partial charge >= 0.3 is 0 Å². The quantitative estimate of drug-likeness (QED) is 0.582. The summed E-state index contributed by atoms with van der Waals surface area (Å²) in [6, 6.07) is 11.3. The number of hydrogen-bond donors (Lipinski definition) is 3. The number of hydrogen-bond acceptors (Lipinski definition) is 4. The van der Waals surface area contributed by atoms with Crippen molar-refractivity contribution in [3.05, 3.63) is 58.9 Å². The van der Waals surface area contributed by atoms with Crippen molar-refractivity contribution in [2.45, 2.75) is 24.3 Å². The molecule has 0 saturated heterocycles. The first-order valence-corrected chi connectivity index (χ1v) is 9.56. The molecule has 0 aromatic heterocycles. The molecule has 2 rings (SSSR count). The number of primary amides is 1. The van der Waals surface area contributed by atoms with Crippen LogP contribution in [0.25, 0.3) is 0 Å². The van der Waals surface area contributed by atoms with Crippen LogP contribution in [0, 0.1) is 5.82 Å². The number of halogens is 2. The molecule has 0 aliphatic rings. The standard InChI is InChI=1S/C19H21ClFN3O2S/c1-19(2,13-8-7-12(21)9-14(13)20)23-10-18(26)24-15-5-3-4-6-16(15)27-11-17(22)25/h3-9,23H,10-11H2,1-2H3,(H2,22,25)(H,24,26). The van der Waals surface area contributed by atoms with Crippen LogP contribution in [0.5, 0.6) is 0 Å². The largest absolute Gasteiger partial charge is 0.369 e. The summed E-state index contributed by atoms with van der Waals surface area (Å²) >= 11 is 7.38. The predicted molar refractivity (Wildman–Crippen MR) is 107 cm³/mol. The molecule has 0 aliphatic heterocycles. The van der Waals surface area contributed by atoms with Crippen LogP contribution >= 0.6 is 23.4 Å². The number of carbonyl (C=O) groups is 2. The molecular formula is C19H21ClFN3O2S. The highest BCUT2D eigenvalue weighted by Crippen LogP contribution is 2.29. The summed E-state index contributed by atoms with van der Waals surface area (Å²) in [7, 11) is 0. The maximum absolute atomic E-state index is 13.2. The predicted octanol–water partition coefficient (Wildman–Crippen LogP) is 3.52. The molecule has 2 amide bonds. The smallest absolute Gasteiger partial charge is 0.238 e. The average Bonchev–Trinajstić information content (AvgIpc) is 2.59. The second kappa shape index (κ2) is 9.21. The third-order valence-corrected chi connectivity index (χ3v) is 5.24. The van der Waals surface area contributed by atoms with Crippen LogP contribution in [0.2, 0.25) is 5.02 Å². The van der Waals surface area contributed by atoms with E-state index >= 15 is 0 Å². The third kappa shape index (κ3) is 6.23. The Hall–Kier alpha value is -2.09. The van der Waals surface area contributed by atoms with Gasteiger partial charge < -0.3 is 11.1 Å². The van der Waals surface area contributed by atoms with E-state index in [1.54, 1.807) is 24.3 Å². The van der Waals surface area contributed by atoms with Crippen molar-refractivity contribution >= 4 is 40.9 Å². The van der Waals surface area contributed by atoms with Gasteiger partial charge in [-0.25, -0.2) is 4.39 Å². The Kier molecular flexibility index (Phi) is 7.24. The zero-order valence-corrected chi connectivity index (χ0v) is 16.6. The van der Waals surface area contributed by atoms with Crippen LogP contribution in [0.3, 0.4) is 0 Å². The van der Waals surface area contributed by atoms with Crippen LogP contribution < -0.4 is 16.4 Å². The van der Waals surface area contributed by atoms with Gasteiger partial charge in [-0.05, 0) is 43.7 Å². The van der Waals surface area contributed by atoms with E-state index in [2.05, 4.69) is 10.6 Å². The molecule has 0 aliphatic carbocycles. The molecule has 0 radical (unpaired) electrons. The number of nitrogens with one attached hydrogen (secondary N) is 2. The van der Waals surface area contributed by atoms with Crippen LogP contribution in [-0.4, -0.2) is 24.1 Å². The van der Waals surface area contributed by atoms with E-state index in [-0.39, 0.29) is 18.2 Å². The van der Waals surface area contributed by atoms with E-state index in [0.29, 0.717) is 16.3 Å². The zero-order chi connectivity index (χ0) is 20.0. The van der Waals surface area contributed by atoms with Crippen molar-refractivity contribution in [1.82, 2.24) is 5.32 Å². The molecular weight excluding hydrogens is 389 g/mol. The lowest BCUT2D eigenvalue weighted by atomic mass is 9.94.